The molecule has 25 heavy (non-hydrogen) atoms. The van der Waals surface area contributed by atoms with Crippen molar-refractivity contribution >= 4 is 11.8 Å². The Morgan fingerprint density at radius 2 is 2.08 bits per heavy atom. The normalized spacial score (nSPS) is 17.7. The lowest BCUT2D eigenvalue weighted by atomic mass is 10.0. The zero-order valence-corrected chi connectivity index (χ0v) is 14.6. The summed E-state index contributed by atoms with van der Waals surface area (Å²) in [5.41, 5.74) is 5.84. The Hall–Kier alpha value is -2.70. The Morgan fingerprint density at radius 3 is 2.72 bits per heavy atom. The molecule has 0 spiro atoms. The van der Waals surface area contributed by atoms with Crippen LogP contribution in [0.5, 0.6) is 0 Å². The number of hydrogen-bond donors (Lipinski definition) is 1. The summed E-state index contributed by atoms with van der Waals surface area (Å²) >= 11 is 0. The lowest BCUT2D eigenvalue weighted by Crippen LogP contribution is -2.41. The van der Waals surface area contributed by atoms with Crippen LogP contribution >= 0.6 is 0 Å². The van der Waals surface area contributed by atoms with E-state index in [2.05, 4.69) is 28.4 Å². The number of nitrogens with zero attached hydrogens (tertiary/aromatic N) is 4. The second-order valence-electron chi connectivity index (χ2n) is 6.69. The van der Waals surface area contributed by atoms with Gasteiger partial charge in [-0.3, -0.25) is 14.6 Å². The SMILES string of the molecule is CC(C)c1nccn1C1CCCN(C(=O)c2ccc(C(N)=O)cn2)C1. The minimum absolute atomic E-state index is 0.119. The number of carbonyl (C=O) groups is 2. The third-order valence-corrected chi connectivity index (χ3v) is 4.56. The van der Waals surface area contributed by atoms with Crippen molar-refractivity contribution in [1.29, 1.82) is 0 Å². The first kappa shape index (κ1) is 17.1. The fraction of sp³-hybridized carbons (Fsp3) is 0.444. The molecule has 0 saturated carbocycles. The van der Waals surface area contributed by atoms with E-state index in [1.807, 2.05) is 17.3 Å². The molecule has 7 nitrogen and oxygen atoms in total. The van der Waals surface area contributed by atoms with Gasteiger partial charge in [-0.05, 0) is 25.0 Å². The summed E-state index contributed by atoms with van der Waals surface area (Å²) in [6.07, 6.45) is 7.12. The Balaban J connectivity index is 1.75. The van der Waals surface area contributed by atoms with Crippen LogP contribution in [0, 0.1) is 0 Å². The van der Waals surface area contributed by atoms with Crippen LogP contribution in [-0.4, -0.2) is 44.3 Å². The van der Waals surface area contributed by atoms with Crippen LogP contribution in [0.2, 0.25) is 0 Å². The summed E-state index contributed by atoms with van der Waals surface area (Å²) in [6, 6.07) is 3.32. The smallest absolute Gasteiger partial charge is 0.272 e. The molecule has 3 heterocycles. The second-order valence-corrected chi connectivity index (χ2v) is 6.69. The summed E-state index contributed by atoms with van der Waals surface area (Å²) in [5, 5.41) is 0. The van der Waals surface area contributed by atoms with Crippen LogP contribution < -0.4 is 5.73 Å². The molecule has 1 aliphatic heterocycles. The molecule has 132 valence electrons. The van der Waals surface area contributed by atoms with Crippen molar-refractivity contribution in [1.82, 2.24) is 19.4 Å². The molecular formula is C18H23N5O2. The Morgan fingerprint density at radius 1 is 1.28 bits per heavy atom. The Labute approximate surface area is 146 Å². The lowest BCUT2D eigenvalue weighted by molar-refractivity contribution is 0.0671. The molecule has 2 aromatic rings. The maximum atomic E-state index is 12.7. The number of imidazole rings is 1. The number of rotatable bonds is 4. The zero-order chi connectivity index (χ0) is 18.0. The van der Waals surface area contributed by atoms with Gasteiger partial charge in [0.05, 0.1) is 11.6 Å². The Bertz CT molecular complexity index is 766. The van der Waals surface area contributed by atoms with Crippen molar-refractivity contribution in [3.8, 4) is 0 Å². The average Bonchev–Trinajstić information content (AvgIpc) is 3.11. The van der Waals surface area contributed by atoms with E-state index in [1.54, 1.807) is 6.07 Å². The quantitative estimate of drug-likeness (QED) is 0.920. The van der Waals surface area contributed by atoms with E-state index >= 15 is 0 Å². The molecule has 3 rings (SSSR count). The number of aromatic nitrogens is 3. The third-order valence-electron chi connectivity index (χ3n) is 4.56. The predicted molar refractivity (Wildman–Crippen MR) is 93.2 cm³/mol. The largest absolute Gasteiger partial charge is 0.366 e. The van der Waals surface area contributed by atoms with Crippen molar-refractivity contribution < 1.29 is 9.59 Å². The molecule has 1 unspecified atom stereocenters. The zero-order valence-electron chi connectivity index (χ0n) is 14.6. The first-order valence-corrected chi connectivity index (χ1v) is 8.55. The van der Waals surface area contributed by atoms with Gasteiger partial charge in [0, 0.05) is 37.6 Å². The van der Waals surface area contributed by atoms with Crippen LogP contribution in [0.25, 0.3) is 0 Å². The fourth-order valence-corrected chi connectivity index (χ4v) is 3.27. The van der Waals surface area contributed by atoms with Crippen LogP contribution in [0.3, 0.4) is 0 Å². The monoisotopic (exact) mass is 341 g/mol. The number of primary amides is 1. The van der Waals surface area contributed by atoms with Gasteiger partial charge in [-0.1, -0.05) is 13.8 Å². The van der Waals surface area contributed by atoms with Crippen LogP contribution in [0.1, 0.15) is 65.3 Å². The van der Waals surface area contributed by atoms with Gasteiger partial charge in [0.15, 0.2) is 0 Å². The highest BCUT2D eigenvalue weighted by molar-refractivity contribution is 5.95. The van der Waals surface area contributed by atoms with Crippen molar-refractivity contribution in [3.05, 3.63) is 47.8 Å². The van der Waals surface area contributed by atoms with Crippen LogP contribution in [-0.2, 0) is 0 Å². The van der Waals surface area contributed by atoms with E-state index in [-0.39, 0.29) is 11.9 Å². The molecule has 0 aromatic carbocycles. The minimum atomic E-state index is -0.550. The highest BCUT2D eigenvalue weighted by atomic mass is 16.2. The summed E-state index contributed by atoms with van der Waals surface area (Å²) in [5.74, 6) is 0.713. The first-order valence-electron chi connectivity index (χ1n) is 8.55. The number of likely N-dealkylation sites (tertiary alicyclic amines) is 1. The van der Waals surface area contributed by atoms with E-state index in [1.165, 1.54) is 12.3 Å². The van der Waals surface area contributed by atoms with E-state index in [4.69, 9.17) is 5.73 Å². The van der Waals surface area contributed by atoms with Crippen LogP contribution in [0.15, 0.2) is 30.7 Å². The van der Waals surface area contributed by atoms with Crippen LogP contribution in [0.4, 0.5) is 0 Å². The maximum Gasteiger partial charge on any atom is 0.272 e. The third kappa shape index (κ3) is 3.55. The van der Waals surface area contributed by atoms with Crippen molar-refractivity contribution in [3.63, 3.8) is 0 Å². The van der Waals surface area contributed by atoms with Gasteiger partial charge >= 0.3 is 0 Å². The molecule has 1 saturated heterocycles. The van der Waals surface area contributed by atoms with E-state index in [0.717, 1.165) is 18.7 Å². The predicted octanol–water partition coefficient (Wildman–Crippen LogP) is 1.98. The van der Waals surface area contributed by atoms with Gasteiger partial charge in [0.25, 0.3) is 5.91 Å². The fourth-order valence-electron chi connectivity index (χ4n) is 3.27. The van der Waals surface area contributed by atoms with Gasteiger partial charge in [-0.15, -0.1) is 0 Å². The summed E-state index contributed by atoms with van der Waals surface area (Å²) in [6.45, 7) is 5.58. The molecule has 2 N–H and O–H groups in total. The number of nitrogens with two attached hydrogens (primary N) is 1. The van der Waals surface area contributed by atoms with Crippen molar-refractivity contribution in [2.45, 2.75) is 38.6 Å². The molecule has 7 heteroatoms. The highest BCUT2D eigenvalue weighted by Gasteiger charge is 2.27. The van der Waals surface area contributed by atoms with Gasteiger partial charge in [-0.2, -0.15) is 0 Å². The Kier molecular flexibility index (Phi) is 4.83. The molecule has 0 aliphatic carbocycles. The van der Waals surface area contributed by atoms with E-state index in [9.17, 15) is 9.59 Å². The van der Waals surface area contributed by atoms with E-state index < -0.39 is 5.91 Å². The summed E-state index contributed by atoms with van der Waals surface area (Å²) < 4.78 is 2.19. The van der Waals surface area contributed by atoms with Gasteiger partial charge < -0.3 is 15.2 Å². The van der Waals surface area contributed by atoms with Gasteiger partial charge in [-0.25, -0.2) is 4.98 Å². The number of piperidine rings is 1. The maximum absolute atomic E-state index is 12.7. The first-order chi connectivity index (χ1) is 12.0. The van der Waals surface area contributed by atoms with Gasteiger partial charge in [0.1, 0.15) is 11.5 Å². The molecule has 1 fully saturated rings. The molecule has 1 atom stereocenters. The molecule has 2 aromatic heterocycles. The summed E-state index contributed by atoms with van der Waals surface area (Å²) in [7, 11) is 0. The average molecular weight is 341 g/mol. The number of amides is 2. The number of hydrogen-bond acceptors (Lipinski definition) is 4. The van der Waals surface area contributed by atoms with E-state index in [0.29, 0.717) is 30.3 Å². The molecule has 1 aliphatic rings. The molecular weight excluding hydrogens is 318 g/mol. The van der Waals surface area contributed by atoms with Gasteiger partial charge in [0.2, 0.25) is 5.91 Å². The highest BCUT2D eigenvalue weighted by Crippen LogP contribution is 2.26. The lowest BCUT2D eigenvalue weighted by Gasteiger charge is -2.34. The number of pyridine rings is 1. The van der Waals surface area contributed by atoms with Crippen molar-refractivity contribution in [2.75, 3.05) is 13.1 Å². The number of carbonyl (C=O) groups excluding carboxylic acids is 2. The topological polar surface area (TPSA) is 94.1 Å². The standard InChI is InChI=1S/C18H23N5O2/c1-12(2)17-20-7-9-23(17)14-4-3-8-22(11-14)18(25)15-6-5-13(10-21-15)16(19)24/h5-7,9-10,12,14H,3-4,8,11H2,1-2H3,(H2,19,24). The molecule has 0 bridgehead atoms. The van der Waals surface area contributed by atoms with Crippen molar-refractivity contribution in [2.24, 2.45) is 5.73 Å². The summed E-state index contributed by atoms with van der Waals surface area (Å²) in [4.78, 5) is 34.2. The second kappa shape index (κ2) is 7.04. The molecule has 2 amide bonds. The minimum Gasteiger partial charge on any atom is -0.366 e. The molecule has 0 radical (unpaired) electrons.